The molecule has 31 heavy (non-hydrogen) atoms. The van der Waals surface area contributed by atoms with Crippen LogP contribution in [0.3, 0.4) is 0 Å². The molecule has 3 aliphatic rings. The molecule has 0 aromatic carbocycles. The van der Waals surface area contributed by atoms with Gasteiger partial charge in [0.25, 0.3) is 0 Å². The van der Waals surface area contributed by atoms with Crippen LogP contribution in [0.5, 0.6) is 0 Å². The fourth-order valence-electron chi connectivity index (χ4n) is 4.94. The Bertz CT molecular complexity index is 1090. The number of imidazole rings is 1. The highest BCUT2D eigenvalue weighted by Crippen LogP contribution is 2.36. The minimum atomic E-state index is 0.168. The first-order valence-electron chi connectivity index (χ1n) is 11.2. The number of nitrogens with zero attached hydrogens (tertiary/aromatic N) is 6. The predicted octanol–water partition coefficient (Wildman–Crippen LogP) is 1.61. The number of pyridine rings is 2. The summed E-state index contributed by atoms with van der Waals surface area (Å²) in [5, 5.41) is 1.16. The SMILES string of the molecule is C[C@@H]1COCCN1c1cc(N2CCn3ccnc3C2)c2ccnc(C3CCNN3)c2n1. The molecule has 0 aliphatic carbocycles. The molecule has 0 amide bonds. The summed E-state index contributed by atoms with van der Waals surface area (Å²) in [5.41, 5.74) is 9.83. The van der Waals surface area contributed by atoms with Crippen molar-refractivity contribution in [3.63, 3.8) is 0 Å². The van der Waals surface area contributed by atoms with Crippen molar-refractivity contribution >= 4 is 22.4 Å². The van der Waals surface area contributed by atoms with E-state index in [1.54, 1.807) is 0 Å². The van der Waals surface area contributed by atoms with Crippen molar-refractivity contribution < 1.29 is 4.74 Å². The van der Waals surface area contributed by atoms with Crippen LogP contribution in [-0.2, 0) is 17.8 Å². The molecule has 0 bridgehead atoms. The maximum atomic E-state index is 5.68. The van der Waals surface area contributed by atoms with Gasteiger partial charge in [-0.15, -0.1) is 0 Å². The van der Waals surface area contributed by atoms with Crippen LogP contribution >= 0.6 is 0 Å². The first-order valence-corrected chi connectivity index (χ1v) is 11.2. The Labute approximate surface area is 181 Å². The molecule has 0 spiro atoms. The molecular weight excluding hydrogens is 392 g/mol. The van der Waals surface area contributed by atoms with Crippen molar-refractivity contribution in [1.82, 2.24) is 30.4 Å². The average Bonchev–Trinajstić information content (AvgIpc) is 3.50. The van der Waals surface area contributed by atoms with Crippen molar-refractivity contribution in [2.24, 2.45) is 0 Å². The van der Waals surface area contributed by atoms with Gasteiger partial charge in [0.15, 0.2) is 0 Å². The first-order chi connectivity index (χ1) is 15.3. The number of hydrogen-bond acceptors (Lipinski definition) is 8. The van der Waals surface area contributed by atoms with Crippen LogP contribution in [0.25, 0.3) is 10.9 Å². The van der Waals surface area contributed by atoms with Gasteiger partial charge < -0.3 is 19.1 Å². The summed E-state index contributed by atoms with van der Waals surface area (Å²) in [6, 6.07) is 4.82. The van der Waals surface area contributed by atoms with Crippen LogP contribution in [-0.4, -0.2) is 58.4 Å². The lowest BCUT2D eigenvalue weighted by Crippen LogP contribution is -2.44. The van der Waals surface area contributed by atoms with Crippen LogP contribution in [0.15, 0.2) is 30.7 Å². The summed E-state index contributed by atoms with van der Waals surface area (Å²) >= 11 is 0. The molecule has 6 rings (SSSR count). The third-order valence-corrected chi connectivity index (χ3v) is 6.63. The summed E-state index contributed by atoms with van der Waals surface area (Å²) in [4.78, 5) is 19.3. The van der Waals surface area contributed by atoms with Gasteiger partial charge in [0, 0.05) is 56.2 Å². The second kappa shape index (κ2) is 7.74. The van der Waals surface area contributed by atoms with Gasteiger partial charge in [0.1, 0.15) is 11.6 Å². The second-order valence-electron chi connectivity index (χ2n) is 8.58. The van der Waals surface area contributed by atoms with Gasteiger partial charge in [0.2, 0.25) is 0 Å². The highest BCUT2D eigenvalue weighted by atomic mass is 16.5. The zero-order chi connectivity index (χ0) is 20.8. The molecule has 6 heterocycles. The smallest absolute Gasteiger partial charge is 0.131 e. The highest BCUT2D eigenvalue weighted by molar-refractivity contribution is 5.95. The normalized spacial score (nSPS) is 24.0. The molecule has 162 valence electrons. The maximum absolute atomic E-state index is 5.68. The van der Waals surface area contributed by atoms with Crippen LogP contribution < -0.4 is 20.7 Å². The van der Waals surface area contributed by atoms with Gasteiger partial charge in [-0.05, 0) is 19.4 Å². The van der Waals surface area contributed by atoms with E-state index in [1.165, 1.54) is 5.69 Å². The molecule has 3 aliphatic heterocycles. The van der Waals surface area contributed by atoms with Gasteiger partial charge >= 0.3 is 0 Å². The van der Waals surface area contributed by atoms with Crippen molar-refractivity contribution in [3.8, 4) is 0 Å². The van der Waals surface area contributed by atoms with Gasteiger partial charge in [-0.25, -0.2) is 15.4 Å². The maximum Gasteiger partial charge on any atom is 0.131 e. The summed E-state index contributed by atoms with van der Waals surface area (Å²) < 4.78 is 7.92. The number of rotatable bonds is 3. The van der Waals surface area contributed by atoms with E-state index >= 15 is 0 Å². The minimum absolute atomic E-state index is 0.168. The van der Waals surface area contributed by atoms with Crippen LogP contribution in [0.2, 0.25) is 0 Å². The monoisotopic (exact) mass is 420 g/mol. The van der Waals surface area contributed by atoms with Crippen LogP contribution in [0.1, 0.15) is 30.9 Å². The van der Waals surface area contributed by atoms with Gasteiger partial charge in [-0.1, -0.05) is 0 Å². The average molecular weight is 421 g/mol. The molecule has 2 fully saturated rings. The number of aromatic nitrogens is 4. The van der Waals surface area contributed by atoms with E-state index in [-0.39, 0.29) is 12.1 Å². The first kappa shape index (κ1) is 19.0. The molecule has 0 radical (unpaired) electrons. The van der Waals surface area contributed by atoms with E-state index in [4.69, 9.17) is 14.7 Å². The Hall–Kier alpha value is -2.75. The van der Waals surface area contributed by atoms with Crippen molar-refractivity contribution in [2.45, 2.75) is 38.5 Å². The Morgan fingerprint density at radius 2 is 2.13 bits per heavy atom. The van der Waals surface area contributed by atoms with Crippen LogP contribution in [0.4, 0.5) is 11.5 Å². The number of hydrazine groups is 1. The van der Waals surface area contributed by atoms with Gasteiger partial charge in [0.05, 0.1) is 48.7 Å². The number of anilines is 2. The summed E-state index contributed by atoms with van der Waals surface area (Å²) in [5.74, 6) is 2.11. The molecule has 9 nitrogen and oxygen atoms in total. The summed E-state index contributed by atoms with van der Waals surface area (Å²) in [6.07, 6.45) is 6.89. The number of hydrogen-bond donors (Lipinski definition) is 2. The number of fused-ring (bicyclic) bond motifs is 2. The Kier molecular flexibility index (Phi) is 4.74. The lowest BCUT2D eigenvalue weighted by molar-refractivity contribution is 0.0986. The largest absolute Gasteiger partial charge is 0.377 e. The third-order valence-electron chi connectivity index (χ3n) is 6.63. The number of ether oxygens (including phenoxy) is 1. The molecular formula is C22H28N8O. The fraction of sp³-hybridized carbons (Fsp3) is 0.500. The van der Waals surface area contributed by atoms with E-state index < -0.39 is 0 Å². The van der Waals surface area contributed by atoms with Gasteiger partial charge in [-0.2, -0.15) is 0 Å². The topological polar surface area (TPSA) is 83.4 Å². The van der Waals surface area contributed by atoms with Crippen molar-refractivity contribution in [2.75, 3.05) is 42.6 Å². The molecule has 2 N–H and O–H groups in total. The zero-order valence-electron chi connectivity index (χ0n) is 17.8. The standard InChI is InChI=1S/C22H28N8O/c1-15-14-31-11-10-30(15)19-12-18(29-9-8-28-7-6-23-20(28)13-29)16-2-4-24-22(21(16)26-19)17-3-5-25-27-17/h2,4,6-7,12,15,17,25,27H,3,5,8-11,13-14H2,1H3/t15-,17?/m1/s1. The second-order valence-corrected chi connectivity index (χ2v) is 8.58. The summed E-state index contributed by atoms with van der Waals surface area (Å²) in [7, 11) is 0. The lowest BCUT2D eigenvalue weighted by Gasteiger charge is -2.36. The Morgan fingerprint density at radius 3 is 3.00 bits per heavy atom. The van der Waals surface area contributed by atoms with Crippen molar-refractivity contribution in [3.05, 3.63) is 42.2 Å². The minimum Gasteiger partial charge on any atom is -0.377 e. The van der Waals surface area contributed by atoms with E-state index in [2.05, 4.69) is 55.5 Å². The van der Waals surface area contributed by atoms with Gasteiger partial charge in [-0.3, -0.25) is 10.4 Å². The number of nitrogens with one attached hydrogen (secondary N) is 2. The molecule has 3 aromatic heterocycles. The predicted molar refractivity (Wildman–Crippen MR) is 119 cm³/mol. The fourth-order valence-corrected chi connectivity index (χ4v) is 4.94. The quantitative estimate of drug-likeness (QED) is 0.661. The molecule has 2 saturated heterocycles. The Morgan fingerprint density at radius 1 is 1.16 bits per heavy atom. The zero-order valence-corrected chi connectivity index (χ0v) is 17.8. The highest BCUT2D eigenvalue weighted by Gasteiger charge is 2.27. The van der Waals surface area contributed by atoms with E-state index in [0.717, 1.165) is 80.6 Å². The molecule has 9 heteroatoms. The Balaban J connectivity index is 1.50. The van der Waals surface area contributed by atoms with Crippen LogP contribution in [0, 0.1) is 0 Å². The van der Waals surface area contributed by atoms with E-state index in [0.29, 0.717) is 0 Å². The van der Waals surface area contributed by atoms with E-state index in [9.17, 15) is 0 Å². The number of morpholine rings is 1. The van der Waals surface area contributed by atoms with E-state index in [1.807, 2.05) is 12.4 Å². The molecule has 3 aromatic rings. The molecule has 2 atom stereocenters. The molecule has 0 saturated carbocycles. The van der Waals surface area contributed by atoms with Crippen molar-refractivity contribution in [1.29, 1.82) is 0 Å². The summed E-state index contributed by atoms with van der Waals surface area (Å²) in [6.45, 7) is 8.13. The molecule has 1 unspecified atom stereocenters. The third kappa shape index (κ3) is 3.33. The lowest BCUT2D eigenvalue weighted by atomic mass is 10.1.